The molecule has 1 amide bonds. The monoisotopic (exact) mass is 409 g/mol. The third-order valence-corrected chi connectivity index (χ3v) is 5.09. The number of ether oxygens (including phenoxy) is 1. The van der Waals surface area contributed by atoms with E-state index in [-0.39, 0.29) is 29.3 Å². The normalized spacial score (nSPS) is 12.0. The van der Waals surface area contributed by atoms with Crippen molar-refractivity contribution in [1.29, 1.82) is 0 Å². The van der Waals surface area contributed by atoms with Gasteiger partial charge in [-0.25, -0.2) is 4.79 Å². The van der Waals surface area contributed by atoms with Gasteiger partial charge in [-0.3, -0.25) is 4.79 Å². The summed E-state index contributed by atoms with van der Waals surface area (Å²) in [6.45, 7) is 16.5. The Morgan fingerprint density at radius 3 is 1.93 bits per heavy atom. The van der Waals surface area contributed by atoms with Gasteiger partial charge in [0.2, 0.25) is 0 Å². The van der Waals surface area contributed by atoms with Crippen LogP contribution >= 0.6 is 0 Å². The number of amides is 1. The molecule has 30 heavy (non-hydrogen) atoms. The van der Waals surface area contributed by atoms with E-state index < -0.39 is 5.97 Å². The topological polar surface area (TPSA) is 55.4 Å². The maximum atomic E-state index is 12.7. The number of benzene rings is 2. The molecule has 0 atom stereocenters. The maximum Gasteiger partial charge on any atom is 0.338 e. The van der Waals surface area contributed by atoms with E-state index in [1.54, 1.807) is 0 Å². The summed E-state index contributed by atoms with van der Waals surface area (Å²) in [5.41, 5.74) is 4.20. The smallest absolute Gasteiger partial charge is 0.338 e. The lowest BCUT2D eigenvalue weighted by atomic mass is 9.79. The van der Waals surface area contributed by atoms with Crippen LogP contribution in [0.15, 0.2) is 42.5 Å². The van der Waals surface area contributed by atoms with Gasteiger partial charge in [0.05, 0.1) is 5.56 Å². The molecule has 0 aliphatic rings. The molecule has 4 nitrogen and oxygen atoms in total. The van der Waals surface area contributed by atoms with Crippen LogP contribution in [0.4, 0.5) is 5.69 Å². The first-order valence-corrected chi connectivity index (χ1v) is 10.5. The third-order valence-electron chi connectivity index (χ3n) is 5.09. The zero-order chi connectivity index (χ0) is 22.7. The van der Waals surface area contributed by atoms with Crippen LogP contribution in [0, 0.1) is 0 Å². The van der Waals surface area contributed by atoms with Gasteiger partial charge in [0, 0.05) is 5.69 Å². The standard InChI is InChI=1S/C26H35NO3/c1-17(2)21-11-9-10-12-22(21)27-23(28)16-30-24(29)18-13-19(25(3,4)5)15-20(14-18)26(6,7)8/h9-15,17H,16H2,1-8H3,(H,27,28). The van der Waals surface area contributed by atoms with Crippen molar-refractivity contribution in [3.05, 3.63) is 64.7 Å². The number of para-hydroxylation sites is 1. The number of nitrogens with one attached hydrogen (secondary N) is 1. The van der Waals surface area contributed by atoms with Crippen LogP contribution in [0.2, 0.25) is 0 Å². The van der Waals surface area contributed by atoms with Gasteiger partial charge in [-0.15, -0.1) is 0 Å². The first-order chi connectivity index (χ1) is 13.8. The molecule has 0 radical (unpaired) electrons. The number of hydrogen-bond donors (Lipinski definition) is 1. The summed E-state index contributed by atoms with van der Waals surface area (Å²) < 4.78 is 5.35. The summed E-state index contributed by atoms with van der Waals surface area (Å²) in [5, 5.41) is 2.85. The van der Waals surface area contributed by atoms with Crippen LogP contribution in [-0.2, 0) is 20.4 Å². The Kier molecular flexibility index (Phi) is 7.12. The van der Waals surface area contributed by atoms with Gasteiger partial charge in [-0.1, -0.05) is 79.7 Å². The van der Waals surface area contributed by atoms with Crippen LogP contribution in [0.1, 0.15) is 88.4 Å². The largest absolute Gasteiger partial charge is 0.452 e. The van der Waals surface area contributed by atoms with Crippen molar-refractivity contribution in [2.45, 2.75) is 72.1 Å². The molecule has 0 fully saturated rings. The molecule has 2 rings (SSSR count). The predicted molar refractivity (Wildman–Crippen MR) is 123 cm³/mol. The van der Waals surface area contributed by atoms with E-state index in [2.05, 4.69) is 66.8 Å². The van der Waals surface area contributed by atoms with Crippen molar-refractivity contribution in [2.75, 3.05) is 11.9 Å². The highest BCUT2D eigenvalue weighted by molar-refractivity contribution is 5.96. The third kappa shape index (κ3) is 6.19. The highest BCUT2D eigenvalue weighted by Crippen LogP contribution is 2.30. The summed E-state index contributed by atoms with van der Waals surface area (Å²) in [7, 11) is 0. The molecule has 2 aromatic carbocycles. The van der Waals surface area contributed by atoms with Crippen molar-refractivity contribution in [1.82, 2.24) is 0 Å². The molecule has 0 aliphatic carbocycles. The number of anilines is 1. The Morgan fingerprint density at radius 2 is 1.43 bits per heavy atom. The molecule has 0 saturated carbocycles. The minimum atomic E-state index is -0.487. The molecule has 0 saturated heterocycles. The summed E-state index contributed by atoms with van der Waals surface area (Å²) in [6, 6.07) is 13.5. The van der Waals surface area contributed by atoms with Crippen LogP contribution in [0.5, 0.6) is 0 Å². The minimum Gasteiger partial charge on any atom is -0.452 e. The van der Waals surface area contributed by atoms with E-state index >= 15 is 0 Å². The van der Waals surface area contributed by atoms with Gasteiger partial charge in [0.25, 0.3) is 5.91 Å². The van der Waals surface area contributed by atoms with Crippen LogP contribution in [-0.4, -0.2) is 18.5 Å². The van der Waals surface area contributed by atoms with Crippen molar-refractivity contribution in [2.24, 2.45) is 0 Å². The zero-order valence-electron chi connectivity index (χ0n) is 19.6. The second-order valence-corrected chi connectivity index (χ2v) is 10.2. The Morgan fingerprint density at radius 1 is 0.900 bits per heavy atom. The molecule has 1 N–H and O–H groups in total. The second-order valence-electron chi connectivity index (χ2n) is 10.2. The number of carbonyl (C=O) groups excluding carboxylic acids is 2. The van der Waals surface area contributed by atoms with Gasteiger partial charge in [0.15, 0.2) is 6.61 Å². The van der Waals surface area contributed by atoms with Crippen LogP contribution < -0.4 is 5.32 Å². The Bertz CT molecular complexity index is 882. The maximum absolute atomic E-state index is 12.7. The van der Waals surface area contributed by atoms with Crippen LogP contribution in [0.3, 0.4) is 0 Å². The average molecular weight is 410 g/mol. The molecular formula is C26H35NO3. The molecule has 0 unspecified atom stereocenters. The first kappa shape index (κ1) is 23.7. The SMILES string of the molecule is CC(C)c1ccccc1NC(=O)COC(=O)c1cc(C(C)(C)C)cc(C(C)(C)C)c1. The average Bonchev–Trinajstić information content (AvgIpc) is 2.64. The van der Waals surface area contributed by atoms with Crippen molar-refractivity contribution in [3.63, 3.8) is 0 Å². The van der Waals surface area contributed by atoms with E-state index in [1.807, 2.05) is 36.4 Å². The number of hydrogen-bond acceptors (Lipinski definition) is 3. The van der Waals surface area contributed by atoms with E-state index in [1.165, 1.54) is 0 Å². The first-order valence-electron chi connectivity index (χ1n) is 10.5. The summed E-state index contributed by atoms with van der Waals surface area (Å²) in [6.07, 6.45) is 0. The molecule has 0 aromatic heterocycles. The molecular weight excluding hydrogens is 374 g/mol. The van der Waals surface area contributed by atoms with E-state index in [9.17, 15) is 9.59 Å². The number of carbonyl (C=O) groups is 2. The van der Waals surface area contributed by atoms with E-state index in [0.717, 1.165) is 22.4 Å². The summed E-state index contributed by atoms with van der Waals surface area (Å²) in [5.74, 6) is -0.557. The quantitative estimate of drug-likeness (QED) is 0.598. The minimum absolute atomic E-state index is 0.103. The lowest BCUT2D eigenvalue weighted by Crippen LogP contribution is -2.23. The zero-order valence-corrected chi connectivity index (χ0v) is 19.6. The summed E-state index contributed by atoms with van der Waals surface area (Å²) >= 11 is 0. The van der Waals surface area contributed by atoms with Gasteiger partial charge in [-0.05, 0) is 51.6 Å². The predicted octanol–water partition coefficient (Wildman–Crippen LogP) is 6.20. The van der Waals surface area contributed by atoms with Crippen molar-refractivity contribution in [3.8, 4) is 0 Å². The molecule has 0 heterocycles. The number of rotatable bonds is 5. The van der Waals surface area contributed by atoms with Gasteiger partial charge < -0.3 is 10.1 Å². The Labute approximate surface area is 181 Å². The van der Waals surface area contributed by atoms with Crippen LogP contribution in [0.25, 0.3) is 0 Å². The lowest BCUT2D eigenvalue weighted by molar-refractivity contribution is -0.119. The van der Waals surface area contributed by atoms with E-state index in [4.69, 9.17) is 4.74 Å². The van der Waals surface area contributed by atoms with Gasteiger partial charge in [0.1, 0.15) is 0 Å². The molecule has 4 heteroatoms. The Hall–Kier alpha value is -2.62. The highest BCUT2D eigenvalue weighted by Gasteiger charge is 2.23. The molecule has 0 aliphatic heterocycles. The van der Waals surface area contributed by atoms with Crippen molar-refractivity contribution < 1.29 is 14.3 Å². The van der Waals surface area contributed by atoms with E-state index in [0.29, 0.717) is 5.56 Å². The summed E-state index contributed by atoms with van der Waals surface area (Å²) in [4.78, 5) is 25.1. The molecule has 0 spiro atoms. The second kappa shape index (κ2) is 9.03. The van der Waals surface area contributed by atoms with Crippen molar-refractivity contribution >= 4 is 17.6 Å². The van der Waals surface area contributed by atoms with Gasteiger partial charge in [-0.2, -0.15) is 0 Å². The fraction of sp³-hybridized carbons (Fsp3) is 0.462. The fourth-order valence-electron chi connectivity index (χ4n) is 3.13. The van der Waals surface area contributed by atoms with Gasteiger partial charge >= 0.3 is 5.97 Å². The fourth-order valence-corrected chi connectivity index (χ4v) is 3.13. The highest BCUT2D eigenvalue weighted by atomic mass is 16.5. The Balaban J connectivity index is 2.15. The molecule has 2 aromatic rings. The molecule has 0 bridgehead atoms. The number of esters is 1. The molecule has 162 valence electrons. The lowest BCUT2D eigenvalue weighted by Gasteiger charge is -2.25.